The zero-order valence-electron chi connectivity index (χ0n) is 31.7. The van der Waals surface area contributed by atoms with E-state index in [0.717, 1.165) is 95.5 Å². The third kappa shape index (κ3) is 8.79. The average molecular weight is 777 g/mol. The molecule has 1 saturated carbocycles. The number of carbonyl (C=O) groups excluding carboxylic acids is 3. The Kier molecular flexibility index (Phi) is 11.4. The second-order valence-electron chi connectivity index (χ2n) is 15.8. The molecular formula is C43H49ClN8O4. The number of carbonyl (C=O) groups is 3. The van der Waals surface area contributed by atoms with Gasteiger partial charge in [0.25, 0.3) is 11.8 Å². The molecule has 13 heteroatoms. The molecule has 1 unspecified atom stereocenters. The van der Waals surface area contributed by atoms with Crippen molar-refractivity contribution in [2.24, 2.45) is 11.0 Å². The Hall–Kier alpha value is -5.12. The van der Waals surface area contributed by atoms with Gasteiger partial charge in [-0.15, -0.1) is 0 Å². The van der Waals surface area contributed by atoms with Crippen molar-refractivity contribution >= 4 is 46.9 Å². The van der Waals surface area contributed by atoms with Crippen LogP contribution < -0.4 is 25.2 Å². The number of halogens is 1. The molecule has 12 nitrogen and oxygen atoms in total. The number of piperidine rings is 2. The summed E-state index contributed by atoms with van der Waals surface area (Å²) >= 11 is 6.16. The van der Waals surface area contributed by atoms with Crippen LogP contribution in [-0.4, -0.2) is 97.8 Å². The highest BCUT2D eigenvalue weighted by Crippen LogP contribution is 2.30. The second-order valence-corrected chi connectivity index (χ2v) is 16.2. The van der Waals surface area contributed by atoms with Crippen LogP contribution in [0.4, 0.5) is 11.4 Å². The van der Waals surface area contributed by atoms with Crippen molar-refractivity contribution < 1.29 is 19.1 Å². The van der Waals surface area contributed by atoms with E-state index in [1.165, 1.54) is 11.4 Å². The molecule has 1 atom stereocenters. The first-order valence-corrected chi connectivity index (χ1v) is 20.4. The number of nitrogens with one attached hydrogen (secondary N) is 2. The molecule has 0 aromatic heterocycles. The zero-order chi connectivity index (χ0) is 38.6. The predicted octanol–water partition coefficient (Wildman–Crippen LogP) is 5.32. The molecule has 3 amide bonds. The number of anilines is 2. The summed E-state index contributed by atoms with van der Waals surface area (Å²) in [6, 6.07) is 21.6. The van der Waals surface area contributed by atoms with Gasteiger partial charge >= 0.3 is 0 Å². The third-order valence-corrected chi connectivity index (χ3v) is 12.4. The summed E-state index contributed by atoms with van der Waals surface area (Å²) in [6.07, 6.45) is 8.46. The fourth-order valence-corrected chi connectivity index (χ4v) is 8.96. The number of nitriles is 1. The highest BCUT2D eigenvalue weighted by atomic mass is 35.5. The quantitative estimate of drug-likeness (QED) is 0.277. The van der Waals surface area contributed by atoms with Crippen LogP contribution in [0.15, 0.2) is 65.8 Å². The fourth-order valence-electron chi connectivity index (χ4n) is 8.75. The predicted molar refractivity (Wildman–Crippen MR) is 216 cm³/mol. The molecule has 5 aliphatic rings. The van der Waals surface area contributed by atoms with Gasteiger partial charge in [0.05, 0.1) is 29.4 Å². The Morgan fingerprint density at radius 1 is 0.875 bits per heavy atom. The van der Waals surface area contributed by atoms with Crippen molar-refractivity contribution in [2.45, 2.75) is 76.1 Å². The number of ether oxygens (including phenoxy) is 1. The fraction of sp³-hybridized carbons (Fsp3) is 0.465. The summed E-state index contributed by atoms with van der Waals surface area (Å²) in [4.78, 5) is 44.5. The molecule has 0 spiro atoms. The maximum atomic E-state index is 13.1. The number of fused-ring (bicyclic) bond motifs is 1. The number of nitrogens with zero attached hydrogens (tertiary/aromatic N) is 6. The van der Waals surface area contributed by atoms with E-state index in [1.54, 1.807) is 23.2 Å². The zero-order valence-corrected chi connectivity index (χ0v) is 32.4. The van der Waals surface area contributed by atoms with Gasteiger partial charge in [0.2, 0.25) is 5.91 Å². The molecule has 4 heterocycles. The lowest BCUT2D eigenvalue weighted by molar-refractivity contribution is -0.137. The van der Waals surface area contributed by atoms with Crippen molar-refractivity contribution in [3.63, 3.8) is 0 Å². The van der Waals surface area contributed by atoms with Gasteiger partial charge in [-0.3, -0.25) is 29.6 Å². The molecule has 4 aliphatic heterocycles. The summed E-state index contributed by atoms with van der Waals surface area (Å²) in [5, 5.41) is 21.5. The van der Waals surface area contributed by atoms with Crippen LogP contribution >= 0.6 is 11.6 Å². The van der Waals surface area contributed by atoms with E-state index in [4.69, 9.17) is 21.6 Å². The number of amides is 3. The van der Waals surface area contributed by atoms with Gasteiger partial charge in [0, 0.05) is 86.8 Å². The number of hydrazone groups is 1. The standard InChI is InChI=1S/C43H49ClN8O4/c44-39-24-38(10-4-31(39)25-45)56-37-11-5-34(6-12-37)47-42(54)30-1-7-35(8-2-30)50-17-15-29(16-18-50)27-49-19-21-51(22-20-49)36-9-3-32-28-52(46-26-33(32)23-36)40-13-14-41(53)48-43(40)55/h1-4,7-10,23-24,26,29,34,37,40H,5-6,11-22,27-28H2,(H,47,54)(H,48,53,55)/t34-,37-,40?. The van der Waals surface area contributed by atoms with E-state index in [2.05, 4.69) is 66.8 Å². The smallest absolute Gasteiger partial charge is 0.251 e. The lowest BCUT2D eigenvalue weighted by Crippen LogP contribution is -2.51. The average Bonchev–Trinajstić information content (AvgIpc) is 3.22. The molecule has 4 fully saturated rings. The van der Waals surface area contributed by atoms with Crippen LogP contribution in [0.1, 0.15) is 78.4 Å². The molecular weight excluding hydrogens is 728 g/mol. The van der Waals surface area contributed by atoms with E-state index in [0.29, 0.717) is 47.2 Å². The monoisotopic (exact) mass is 776 g/mol. The largest absolute Gasteiger partial charge is 0.490 e. The lowest BCUT2D eigenvalue weighted by Gasteiger charge is -2.40. The molecule has 1 aliphatic carbocycles. The first kappa shape index (κ1) is 37.8. The number of hydrogen-bond acceptors (Lipinski definition) is 10. The number of piperazine rings is 1. The van der Waals surface area contributed by atoms with Crippen molar-refractivity contribution in [1.29, 1.82) is 5.26 Å². The molecule has 0 bridgehead atoms. The van der Waals surface area contributed by atoms with E-state index >= 15 is 0 Å². The minimum absolute atomic E-state index is 0.0301. The summed E-state index contributed by atoms with van der Waals surface area (Å²) in [6.45, 7) is 7.80. The third-order valence-electron chi connectivity index (χ3n) is 12.1. The van der Waals surface area contributed by atoms with Gasteiger partial charge in [-0.2, -0.15) is 10.4 Å². The molecule has 3 saturated heterocycles. The number of rotatable bonds is 9. The molecule has 8 rings (SSSR count). The Morgan fingerprint density at radius 3 is 2.32 bits per heavy atom. The highest BCUT2D eigenvalue weighted by Gasteiger charge is 2.33. The van der Waals surface area contributed by atoms with E-state index < -0.39 is 6.04 Å². The second kappa shape index (κ2) is 16.9. The van der Waals surface area contributed by atoms with Crippen LogP contribution in [0, 0.1) is 17.2 Å². The minimum Gasteiger partial charge on any atom is -0.490 e. The van der Waals surface area contributed by atoms with Gasteiger partial charge in [-0.25, -0.2) is 0 Å². The first-order valence-electron chi connectivity index (χ1n) is 20.0. The van der Waals surface area contributed by atoms with E-state index in [9.17, 15) is 14.4 Å². The normalized spacial score (nSPS) is 23.3. The number of hydrogen-bond donors (Lipinski definition) is 2. The lowest BCUT2D eigenvalue weighted by atomic mass is 9.92. The van der Waals surface area contributed by atoms with Gasteiger partial charge in [-0.1, -0.05) is 17.7 Å². The van der Waals surface area contributed by atoms with Crippen molar-refractivity contribution in [1.82, 2.24) is 20.5 Å². The molecule has 2 N–H and O–H groups in total. The first-order chi connectivity index (χ1) is 27.3. The van der Waals surface area contributed by atoms with Crippen LogP contribution in [-0.2, 0) is 16.1 Å². The van der Waals surface area contributed by atoms with Crippen molar-refractivity contribution in [3.05, 3.63) is 87.9 Å². The molecule has 3 aromatic rings. The Bertz CT molecular complexity index is 1990. The molecule has 0 radical (unpaired) electrons. The SMILES string of the molecule is N#Cc1ccc(O[C@H]2CC[C@H](NC(=O)c3ccc(N4CCC(CN5CCN(c6ccc7c(c6)C=NN(C6CCC(=O)NC6=O)C7)CC5)CC4)cc3)CC2)cc1Cl. The summed E-state index contributed by atoms with van der Waals surface area (Å²) in [7, 11) is 0. The van der Waals surface area contributed by atoms with E-state index in [1.807, 2.05) is 18.3 Å². The van der Waals surface area contributed by atoms with Crippen molar-refractivity contribution in [2.75, 3.05) is 55.6 Å². The van der Waals surface area contributed by atoms with Gasteiger partial charge in [0.15, 0.2) is 0 Å². The minimum atomic E-state index is -0.405. The Labute approximate surface area is 333 Å². The topological polar surface area (TPSA) is 134 Å². The molecule has 3 aromatic carbocycles. The van der Waals surface area contributed by atoms with Crippen LogP contribution in [0.2, 0.25) is 5.02 Å². The maximum Gasteiger partial charge on any atom is 0.251 e. The molecule has 56 heavy (non-hydrogen) atoms. The van der Waals surface area contributed by atoms with Gasteiger partial charge < -0.3 is 19.9 Å². The van der Waals surface area contributed by atoms with E-state index in [-0.39, 0.29) is 29.9 Å². The summed E-state index contributed by atoms with van der Waals surface area (Å²) < 4.78 is 6.11. The van der Waals surface area contributed by atoms with Crippen LogP contribution in [0.25, 0.3) is 0 Å². The van der Waals surface area contributed by atoms with Crippen LogP contribution in [0.5, 0.6) is 5.75 Å². The Morgan fingerprint density at radius 2 is 1.61 bits per heavy atom. The van der Waals surface area contributed by atoms with Gasteiger partial charge in [0.1, 0.15) is 17.9 Å². The number of imide groups is 1. The van der Waals surface area contributed by atoms with Crippen molar-refractivity contribution in [3.8, 4) is 11.8 Å². The van der Waals surface area contributed by atoms with Crippen LogP contribution in [0.3, 0.4) is 0 Å². The molecule has 292 valence electrons. The maximum absolute atomic E-state index is 13.1. The summed E-state index contributed by atoms with van der Waals surface area (Å²) in [5.41, 5.74) is 5.74. The Balaban J connectivity index is 0.737. The summed E-state index contributed by atoms with van der Waals surface area (Å²) in [5.74, 6) is 0.847. The highest BCUT2D eigenvalue weighted by molar-refractivity contribution is 6.31. The van der Waals surface area contributed by atoms with Gasteiger partial charge in [-0.05, 0) is 105 Å². The number of benzene rings is 3.